The number of nitrogens with one attached hydrogen (secondary N) is 1. The number of hydrogen-bond donors (Lipinski definition) is 1. The largest absolute Gasteiger partial charge is 0.496 e. The van der Waals surface area contributed by atoms with Gasteiger partial charge >= 0.3 is 0 Å². The van der Waals surface area contributed by atoms with Gasteiger partial charge in [0.1, 0.15) is 11.6 Å². The van der Waals surface area contributed by atoms with Gasteiger partial charge in [-0.1, -0.05) is 18.5 Å². The van der Waals surface area contributed by atoms with Crippen LogP contribution in [0.2, 0.25) is 5.02 Å². The van der Waals surface area contributed by atoms with E-state index in [-0.39, 0.29) is 5.56 Å². The lowest BCUT2D eigenvalue weighted by atomic mass is 10.1. The highest BCUT2D eigenvalue weighted by Gasteiger charge is 2.09. The molecule has 0 fully saturated rings. The number of H-pyrrole nitrogens is 1. The Morgan fingerprint density at radius 2 is 2.17 bits per heavy atom. The van der Waals surface area contributed by atoms with Gasteiger partial charge in [0.15, 0.2) is 0 Å². The Bertz CT molecular complexity index is 623. The molecule has 4 nitrogen and oxygen atoms in total. The Morgan fingerprint density at radius 3 is 2.83 bits per heavy atom. The van der Waals surface area contributed by atoms with Crippen molar-refractivity contribution >= 4 is 11.6 Å². The van der Waals surface area contributed by atoms with E-state index in [0.717, 1.165) is 0 Å². The summed E-state index contributed by atoms with van der Waals surface area (Å²) < 4.78 is 5.26. The Balaban J connectivity index is 2.64. The van der Waals surface area contributed by atoms with Gasteiger partial charge in [0.05, 0.1) is 12.8 Å². The third-order valence-electron chi connectivity index (χ3n) is 2.56. The molecule has 0 aliphatic heterocycles. The summed E-state index contributed by atoms with van der Waals surface area (Å²) in [6.07, 6.45) is 0.659. The molecule has 0 saturated carbocycles. The number of rotatable bonds is 3. The molecule has 0 spiro atoms. The van der Waals surface area contributed by atoms with E-state index in [9.17, 15) is 4.79 Å². The van der Waals surface area contributed by atoms with Gasteiger partial charge in [-0.2, -0.15) is 0 Å². The van der Waals surface area contributed by atoms with Crippen molar-refractivity contribution in [2.45, 2.75) is 13.3 Å². The number of methoxy groups -OCH3 is 1. The van der Waals surface area contributed by atoms with Crippen molar-refractivity contribution in [1.29, 1.82) is 0 Å². The van der Waals surface area contributed by atoms with E-state index < -0.39 is 0 Å². The zero-order valence-electron chi connectivity index (χ0n) is 10.2. The van der Waals surface area contributed by atoms with Crippen molar-refractivity contribution < 1.29 is 4.74 Å². The van der Waals surface area contributed by atoms with Crippen LogP contribution in [-0.4, -0.2) is 17.1 Å². The Hall–Kier alpha value is -1.81. The second kappa shape index (κ2) is 5.23. The number of halogens is 1. The average Bonchev–Trinajstić information content (AvgIpc) is 2.38. The summed E-state index contributed by atoms with van der Waals surface area (Å²) in [5, 5.41) is 0.575. The molecule has 0 bridgehead atoms. The fourth-order valence-electron chi connectivity index (χ4n) is 1.69. The predicted molar refractivity (Wildman–Crippen MR) is 71.2 cm³/mol. The first-order chi connectivity index (χ1) is 8.63. The maximum Gasteiger partial charge on any atom is 0.251 e. The third kappa shape index (κ3) is 2.54. The van der Waals surface area contributed by atoms with E-state index in [2.05, 4.69) is 9.97 Å². The Labute approximate surface area is 110 Å². The van der Waals surface area contributed by atoms with Crippen LogP contribution < -0.4 is 10.3 Å². The number of ether oxygens (including phenoxy) is 1. The van der Waals surface area contributed by atoms with Crippen LogP contribution in [0.15, 0.2) is 29.1 Å². The molecular formula is C13H13ClN2O2. The summed E-state index contributed by atoms with van der Waals surface area (Å²) in [6.45, 7) is 1.93. The monoisotopic (exact) mass is 264 g/mol. The SMILES string of the molecule is CCc1nc(-c2cc(Cl)ccc2OC)cc(=O)[nH]1. The van der Waals surface area contributed by atoms with Crippen molar-refractivity contribution in [3.8, 4) is 17.0 Å². The fraction of sp³-hybridized carbons (Fsp3) is 0.231. The van der Waals surface area contributed by atoms with Crippen LogP contribution in [0.3, 0.4) is 0 Å². The third-order valence-corrected chi connectivity index (χ3v) is 2.80. The summed E-state index contributed by atoms with van der Waals surface area (Å²) in [5.74, 6) is 1.28. The predicted octanol–water partition coefficient (Wildman–Crippen LogP) is 2.66. The standard InChI is InChI=1S/C13H13ClN2O2/c1-3-12-15-10(7-13(17)16-12)9-6-8(14)4-5-11(9)18-2/h4-7H,3H2,1-2H3,(H,15,16,17). The van der Waals surface area contributed by atoms with Crippen LogP contribution in [0.5, 0.6) is 5.75 Å². The lowest BCUT2D eigenvalue weighted by molar-refractivity contribution is 0.416. The highest BCUT2D eigenvalue weighted by Crippen LogP contribution is 2.30. The van der Waals surface area contributed by atoms with Crippen LogP contribution in [0.25, 0.3) is 11.3 Å². The van der Waals surface area contributed by atoms with Gasteiger partial charge in [0.25, 0.3) is 5.56 Å². The molecule has 1 N–H and O–H groups in total. The van der Waals surface area contributed by atoms with E-state index in [1.54, 1.807) is 25.3 Å². The van der Waals surface area contributed by atoms with E-state index in [0.29, 0.717) is 34.3 Å². The molecule has 0 radical (unpaired) electrons. The van der Waals surface area contributed by atoms with Crippen molar-refractivity contribution in [3.05, 3.63) is 45.5 Å². The summed E-state index contributed by atoms with van der Waals surface area (Å²) in [5.41, 5.74) is 1.10. The molecular weight excluding hydrogens is 252 g/mol. The zero-order chi connectivity index (χ0) is 13.1. The summed E-state index contributed by atoms with van der Waals surface area (Å²) >= 11 is 5.97. The second-order valence-electron chi connectivity index (χ2n) is 3.78. The van der Waals surface area contributed by atoms with Crippen molar-refractivity contribution in [2.75, 3.05) is 7.11 Å². The molecule has 0 saturated heterocycles. The van der Waals surface area contributed by atoms with Gasteiger partial charge in [-0.15, -0.1) is 0 Å². The maximum atomic E-state index is 11.6. The molecule has 18 heavy (non-hydrogen) atoms. The highest BCUT2D eigenvalue weighted by molar-refractivity contribution is 6.30. The molecule has 0 aliphatic carbocycles. The van der Waals surface area contributed by atoms with Gasteiger partial charge in [0, 0.05) is 23.1 Å². The van der Waals surface area contributed by atoms with Crippen LogP contribution >= 0.6 is 11.6 Å². The van der Waals surface area contributed by atoms with Crippen molar-refractivity contribution in [2.24, 2.45) is 0 Å². The van der Waals surface area contributed by atoms with E-state index in [1.165, 1.54) is 6.07 Å². The van der Waals surface area contributed by atoms with Crippen LogP contribution in [-0.2, 0) is 6.42 Å². The van der Waals surface area contributed by atoms with Crippen LogP contribution in [0, 0.1) is 0 Å². The average molecular weight is 265 g/mol. The molecule has 0 unspecified atom stereocenters. The highest BCUT2D eigenvalue weighted by atomic mass is 35.5. The summed E-state index contributed by atoms with van der Waals surface area (Å²) in [6, 6.07) is 6.67. The number of benzene rings is 1. The van der Waals surface area contributed by atoms with E-state index in [4.69, 9.17) is 16.3 Å². The fourth-order valence-corrected chi connectivity index (χ4v) is 1.87. The van der Waals surface area contributed by atoms with Gasteiger partial charge in [-0.25, -0.2) is 4.98 Å². The molecule has 1 aromatic carbocycles. The van der Waals surface area contributed by atoms with Crippen LogP contribution in [0.1, 0.15) is 12.7 Å². The molecule has 0 atom stereocenters. The first kappa shape index (κ1) is 12.6. The molecule has 1 aromatic heterocycles. The van der Waals surface area contributed by atoms with Gasteiger partial charge in [-0.3, -0.25) is 4.79 Å². The van der Waals surface area contributed by atoms with E-state index >= 15 is 0 Å². The van der Waals surface area contributed by atoms with Gasteiger partial charge in [0.2, 0.25) is 0 Å². The molecule has 2 rings (SSSR count). The van der Waals surface area contributed by atoms with E-state index in [1.807, 2.05) is 6.92 Å². The minimum absolute atomic E-state index is 0.182. The van der Waals surface area contributed by atoms with Crippen molar-refractivity contribution in [3.63, 3.8) is 0 Å². The minimum atomic E-state index is -0.182. The Morgan fingerprint density at radius 1 is 1.39 bits per heavy atom. The topological polar surface area (TPSA) is 55.0 Å². The zero-order valence-corrected chi connectivity index (χ0v) is 10.9. The molecule has 2 aromatic rings. The molecule has 1 heterocycles. The number of aromatic nitrogens is 2. The lowest BCUT2D eigenvalue weighted by Gasteiger charge is -2.09. The lowest BCUT2D eigenvalue weighted by Crippen LogP contribution is -2.10. The molecule has 0 aliphatic rings. The smallest absolute Gasteiger partial charge is 0.251 e. The molecule has 94 valence electrons. The Kier molecular flexibility index (Phi) is 3.67. The maximum absolute atomic E-state index is 11.6. The summed E-state index contributed by atoms with van der Waals surface area (Å²) in [4.78, 5) is 18.6. The quantitative estimate of drug-likeness (QED) is 0.927. The molecule has 0 amide bonds. The van der Waals surface area contributed by atoms with Gasteiger partial charge < -0.3 is 9.72 Å². The van der Waals surface area contributed by atoms with Crippen LogP contribution in [0.4, 0.5) is 0 Å². The second-order valence-corrected chi connectivity index (χ2v) is 4.21. The first-order valence-electron chi connectivity index (χ1n) is 5.58. The van der Waals surface area contributed by atoms with Gasteiger partial charge in [-0.05, 0) is 18.2 Å². The molecule has 5 heteroatoms. The number of aryl methyl sites for hydroxylation is 1. The van der Waals surface area contributed by atoms with Crippen molar-refractivity contribution in [1.82, 2.24) is 9.97 Å². The summed E-state index contributed by atoms with van der Waals surface area (Å²) in [7, 11) is 1.57. The minimum Gasteiger partial charge on any atom is -0.496 e. The normalized spacial score (nSPS) is 10.4. The first-order valence-corrected chi connectivity index (χ1v) is 5.96. The number of nitrogens with zero attached hydrogens (tertiary/aromatic N) is 1. The number of hydrogen-bond acceptors (Lipinski definition) is 3. The number of aromatic amines is 1.